The predicted molar refractivity (Wildman–Crippen MR) is 71.5 cm³/mol. The molecule has 2 rings (SSSR count). The van der Waals surface area contributed by atoms with Crippen molar-refractivity contribution >= 4 is 11.6 Å². The zero-order valence-corrected chi connectivity index (χ0v) is 10.5. The molecule has 0 aliphatic carbocycles. The number of nitrogens with one attached hydrogen (secondary N) is 1. The maximum Gasteiger partial charge on any atom is 0.188 e. The van der Waals surface area contributed by atoms with E-state index in [-0.39, 0.29) is 5.96 Å². The summed E-state index contributed by atoms with van der Waals surface area (Å²) in [7, 11) is 0. The minimum Gasteiger partial charge on any atom is -0.370 e. The highest BCUT2D eigenvalue weighted by Crippen LogP contribution is 2.21. The number of benzene rings is 1. The SMILES string of the molecule is Cc1cccc(N2CCN(C(=N)N)C[C@H]2C)c1. The van der Waals surface area contributed by atoms with Gasteiger partial charge in [-0.1, -0.05) is 12.1 Å². The van der Waals surface area contributed by atoms with E-state index in [0.29, 0.717) is 6.04 Å². The van der Waals surface area contributed by atoms with Crippen LogP contribution in [0.2, 0.25) is 0 Å². The molecule has 92 valence electrons. The summed E-state index contributed by atoms with van der Waals surface area (Å²) in [6, 6.07) is 8.94. The van der Waals surface area contributed by atoms with Crippen LogP contribution in [-0.2, 0) is 0 Å². The van der Waals surface area contributed by atoms with Crippen molar-refractivity contribution in [3.8, 4) is 0 Å². The quantitative estimate of drug-likeness (QED) is 0.568. The minimum atomic E-state index is 0.181. The summed E-state index contributed by atoms with van der Waals surface area (Å²) < 4.78 is 0. The van der Waals surface area contributed by atoms with Crippen molar-refractivity contribution in [2.45, 2.75) is 19.9 Å². The Hall–Kier alpha value is -1.71. The Labute approximate surface area is 103 Å². The van der Waals surface area contributed by atoms with Gasteiger partial charge in [0.05, 0.1) is 0 Å². The molecular formula is C13H20N4. The molecule has 0 saturated carbocycles. The molecule has 0 unspecified atom stereocenters. The lowest BCUT2D eigenvalue weighted by Crippen LogP contribution is -2.55. The Morgan fingerprint density at radius 1 is 1.41 bits per heavy atom. The van der Waals surface area contributed by atoms with E-state index < -0.39 is 0 Å². The zero-order valence-electron chi connectivity index (χ0n) is 10.5. The third-order valence-electron chi connectivity index (χ3n) is 3.30. The monoisotopic (exact) mass is 232 g/mol. The molecule has 17 heavy (non-hydrogen) atoms. The third kappa shape index (κ3) is 2.52. The summed E-state index contributed by atoms with van der Waals surface area (Å²) in [5.74, 6) is 0.181. The van der Waals surface area contributed by atoms with Crippen molar-refractivity contribution in [1.82, 2.24) is 4.90 Å². The molecule has 1 aliphatic heterocycles. The number of aryl methyl sites for hydroxylation is 1. The van der Waals surface area contributed by atoms with Crippen molar-refractivity contribution in [2.75, 3.05) is 24.5 Å². The minimum absolute atomic E-state index is 0.181. The number of nitrogens with two attached hydrogens (primary N) is 1. The van der Waals surface area contributed by atoms with E-state index in [4.69, 9.17) is 11.1 Å². The summed E-state index contributed by atoms with van der Waals surface area (Å²) in [6.07, 6.45) is 0. The van der Waals surface area contributed by atoms with Gasteiger partial charge in [0.15, 0.2) is 5.96 Å². The van der Waals surface area contributed by atoms with Crippen LogP contribution in [0.1, 0.15) is 12.5 Å². The fraction of sp³-hybridized carbons (Fsp3) is 0.462. The second kappa shape index (κ2) is 4.65. The average Bonchev–Trinajstić information content (AvgIpc) is 2.28. The second-order valence-corrected chi connectivity index (χ2v) is 4.71. The molecule has 0 spiro atoms. The van der Waals surface area contributed by atoms with Crippen LogP contribution in [-0.4, -0.2) is 36.5 Å². The Morgan fingerprint density at radius 2 is 2.18 bits per heavy atom. The Morgan fingerprint density at radius 3 is 2.76 bits per heavy atom. The molecule has 1 aromatic carbocycles. The van der Waals surface area contributed by atoms with Crippen molar-refractivity contribution < 1.29 is 0 Å². The standard InChI is InChI=1S/C13H20N4/c1-10-4-3-5-12(8-10)17-7-6-16(13(14)15)9-11(17)2/h3-5,8,11H,6-7,9H2,1-2H3,(H3,14,15)/t11-/m1/s1. The van der Waals surface area contributed by atoms with Crippen LogP contribution in [0.5, 0.6) is 0 Å². The van der Waals surface area contributed by atoms with Crippen molar-refractivity contribution in [3.63, 3.8) is 0 Å². The molecule has 1 heterocycles. The number of hydrogen-bond acceptors (Lipinski definition) is 2. The molecule has 0 aromatic heterocycles. The van der Waals surface area contributed by atoms with Crippen LogP contribution >= 0.6 is 0 Å². The van der Waals surface area contributed by atoms with Gasteiger partial charge in [-0.2, -0.15) is 0 Å². The number of anilines is 1. The molecule has 0 amide bonds. The summed E-state index contributed by atoms with van der Waals surface area (Å²) in [4.78, 5) is 4.31. The van der Waals surface area contributed by atoms with Gasteiger partial charge in [-0.05, 0) is 31.5 Å². The van der Waals surface area contributed by atoms with Gasteiger partial charge in [0.1, 0.15) is 0 Å². The zero-order chi connectivity index (χ0) is 12.4. The molecule has 1 atom stereocenters. The topological polar surface area (TPSA) is 56.4 Å². The van der Waals surface area contributed by atoms with E-state index in [2.05, 4.69) is 43.0 Å². The maximum atomic E-state index is 7.47. The van der Waals surface area contributed by atoms with Crippen molar-refractivity contribution in [1.29, 1.82) is 5.41 Å². The molecule has 0 radical (unpaired) electrons. The van der Waals surface area contributed by atoms with Crippen LogP contribution in [0.15, 0.2) is 24.3 Å². The molecule has 0 bridgehead atoms. The van der Waals surface area contributed by atoms with Crippen LogP contribution in [0, 0.1) is 12.3 Å². The van der Waals surface area contributed by atoms with E-state index in [1.165, 1.54) is 11.3 Å². The first-order valence-corrected chi connectivity index (χ1v) is 6.00. The Bertz CT molecular complexity index is 416. The number of nitrogens with zero attached hydrogens (tertiary/aromatic N) is 2. The number of hydrogen-bond donors (Lipinski definition) is 2. The third-order valence-corrected chi connectivity index (χ3v) is 3.30. The van der Waals surface area contributed by atoms with E-state index >= 15 is 0 Å². The maximum absolute atomic E-state index is 7.47. The van der Waals surface area contributed by atoms with Crippen LogP contribution in [0.4, 0.5) is 5.69 Å². The molecule has 1 aromatic rings. The fourth-order valence-corrected chi connectivity index (χ4v) is 2.37. The fourth-order valence-electron chi connectivity index (χ4n) is 2.37. The highest BCUT2D eigenvalue weighted by atomic mass is 15.3. The van der Waals surface area contributed by atoms with E-state index in [1.54, 1.807) is 0 Å². The van der Waals surface area contributed by atoms with Gasteiger partial charge in [0, 0.05) is 31.4 Å². The first-order chi connectivity index (χ1) is 8.08. The number of piperazine rings is 1. The molecule has 4 heteroatoms. The summed E-state index contributed by atoms with van der Waals surface area (Å²) in [5, 5.41) is 7.47. The van der Waals surface area contributed by atoms with Crippen molar-refractivity contribution in [3.05, 3.63) is 29.8 Å². The lowest BCUT2D eigenvalue weighted by Gasteiger charge is -2.41. The van der Waals surface area contributed by atoms with Gasteiger partial charge >= 0.3 is 0 Å². The second-order valence-electron chi connectivity index (χ2n) is 4.71. The molecule has 3 N–H and O–H groups in total. The summed E-state index contributed by atoms with van der Waals surface area (Å²) in [6.45, 7) is 6.86. The normalized spacial score (nSPS) is 20.5. The first kappa shape index (κ1) is 11.8. The molecule has 4 nitrogen and oxygen atoms in total. The van der Waals surface area contributed by atoms with Gasteiger partial charge in [0.25, 0.3) is 0 Å². The van der Waals surface area contributed by atoms with Crippen LogP contribution < -0.4 is 10.6 Å². The lowest BCUT2D eigenvalue weighted by atomic mass is 10.1. The Kier molecular flexibility index (Phi) is 3.22. The van der Waals surface area contributed by atoms with E-state index in [1.807, 2.05) is 4.90 Å². The smallest absolute Gasteiger partial charge is 0.188 e. The highest BCUT2D eigenvalue weighted by Gasteiger charge is 2.24. The predicted octanol–water partition coefficient (Wildman–Crippen LogP) is 1.40. The van der Waals surface area contributed by atoms with Gasteiger partial charge < -0.3 is 15.5 Å². The molecule has 1 saturated heterocycles. The summed E-state index contributed by atoms with van der Waals surface area (Å²) in [5.41, 5.74) is 8.07. The van der Waals surface area contributed by atoms with Crippen LogP contribution in [0.3, 0.4) is 0 Å². The van der Waals surface area contributed by atoms with Crippen molar-refractivity contribution in [2.24, 2.45) is 5.73 Å². The van der Waals surface area contributed by atoms with Gasteiger partial charge in [-0.15, -0.1) is 0 Å². The largest absolute Gasteiger partial charge is 0.370 e. The lowest BCUT2D eigenvalue weighted by molar-refractivity contribution is 0.333. The average molecular weight is 232 g/mol. The van der Waals surface area contributed by atoms with E-state index in [0.717, 1.165) is 19.6 Å². The van der Waals surface area contributed by atoms with Gasteiger partial charge in [-0.3, -0.25) is 5.41 Å². The van der Waals surface area contributed by atoms with Gasteiger partial charge in [-0.25, -0.2) is 0 Å². The van der Waals surface area contributed by atoms with Crippen LogP contribution in [0.25, 0.3) is 0 Å². The summed E-state index contributed by atoms with van der Waals surface area (Å²) >= 11 is 0. The Balaban J connectivity index is 2.12. The highest BCUT2D eigenvalue weighted by molar-refractivity contribution is 5.75. The number of rotatable bonds is 1. The molecule has 1 aliphatic rings. The number of guanidine groups is 1. The van der Waals surface area contributed by atoms with Gasteiger partial charge in [0.2, 0.25) is 0 Å². The first-order valence-electron chi connectivity index (χ1n) is 6.00. The van der Waals surface area contributed by atoms with E-state index in [9.17, 15) is 0 Å². The molecule has 1 fully saturated rings. The molecular weight excluding hydrogens is 212 g/mol.